The van der Waals surface area contributed by atoms with E-state index in [-0.39, 0.29) is 12.4 Å². The molecule has 1 unspecified atom stereocenters. The van der Waals surface area contributed by atoms with Gasteiger partial charge in [-0.25, -0.2) is 18.2 Å². The average molecular weight is 672 g/mol. The van der Waals surface area contributed by atoms with Gasteiger partial charge in [-0.15, -0.1) is 23.1 Å². The van der Waals surface area contributed by atoms with Gasteiger partial charge in [-0.2, -0.15) is 17.5 Å². The lowest BCUT2D eigenvalue weighted by Crippen LogP contribution is -2.48. The molecule has 1 saturated heterocycles. The second-order valence-corrected chi connectivity index (χ2v) is 14.7. The van der Waals surface area contributed by atoms with Gasteiger partial charge in [-0.1, -0.05) is 12.1 Å². The molecule has 1 aromatic heterocycles. The Hall–Kier alpha value is -2.65. The van der Waals surface area contributed by atoms with E-state index < -0.39 is 33.8 Å². The van der Waals surface area contributed by atoms with Crippen LogP contribution in [0.5, 0.6) is 5.75 Å². The van der Waals surface area contributed by atoms with Gasteiger partial charge in [0, 0.05) is 53.8 Å². The molecule has 0 aliphatic carbocycles. The van der Waals surface area contributed by atoms with Crippen molar-refractivity contribution in [3.8, 4) is 16.3 Å². The third-order valence-electron chi connectivity index (χ3n) is 7.14. The minimum Gasteiger partial charge on any atom is -0.479 e. The Balaban J connectivity index is 1.51. The molecule has 14 heteroatoms. The van der Waals surface area contributed by atoms with Gasteiger partial charge in [-0.05, 0) is 63.6 Å². The molecule has 2 heterocycles. The number of esters is 1. The second-order valence-electron chi connectivity index (χ2n) is 10.3. The minimum atomic E-state index is -4.42. The van der Waals surface area contributed by atoms with Gasteiger partial charge >= 0.3 is 12.1 Å². The molecule has 0 radical (unpaired) electrons. The molecule has 1 aliphatic heterocycles. The Morgan fingerprint density at radius 3 is 2.36 bits per heavy atom. The summed E-state index contributed by atoms with van der Waals surface area (Å²) in [4.78, 5) is 20.9. The summed E-state index contributed by atoms with van der Waals surface area (Å²) in [6, 6.07) is 10.7. The maximum atomic E-state index is 13.1. The number of aryl methyl sites for hydroxylation is 1. The number of nitrogens with zero attached hydrogens (tertiary/aromatic N) is 3. The zero-order chi connectivity index (χ0) is 32.1. The number of piperazine rings is 1. The molecular formula is C30H36F3N3O5S3. The molecule has 240 valence electrons. The molecule has 0 N–H and O–H groups in total. The number of sulfonamides is 1. The normalized spacial score (nSPS) is 15.7. The number of thioether (sulfide) groups is 1. The first-order valence-electron chi connectivity index (χ1n) is 14.2. The molecule has 1 fully saturated rings. The van der Waals surface area contributed by atoms with E-state index >= 15 is 0 Å². The maximum absolute atomic E-state index is 13.1. The lowest BCUT2D eigenvalue weighted by atomic mass is 10.1. The van der Waals surface area contributed by atoms with Gasteiger partial charge in [0.05, 0.1) is 23.6 Å². The Morgan fingerprint density at radius 2 is 1.77 bits per heavy atom. The Kier molecular flexibility index (Phi) is 11.4. The molecular weight excluding hydrogens is 636 g/mol. The van der Waals surface area contributed by atoms with Crippen LogP contribution in [0.1, 0.15) is 42.5 Å². The maximum Gasteiger partial charge on any atom is 0.416 e. The lowest BCUT2D eigenvalue weighted by molar-refractivity contribution is -0.150. The van der Waals surface area contributed by atoms with E-state index in [1.807, 2.05) is 25.1 Å². The lowest BCUT2D eigenvalue weighted by Gasteiger charge is -2.33. The predicted octanol–water partition coefficient (Wildman–Crippen LogP) is 6.23. The van der Waals surface area contributed by atoms with Crippen molar-refractivity contribution >= 4 is 39.1 Å². The highest BCUT2D eigenvalue weighted by molar-refractivity contribution is 7.98. The molecule has 3 aromatic rings. The number of rotatable bonds is 12. The number of ether oxygens (including phenoxy) is 2. The van der Waals surface area contributed by atoms with Crippen LogP contribution in [0.2, 0.25) is 0 Å². The van der Waals surface area contributed by atoms with Crippen molar-refractivity contribution in [3.05, 3.63) is 64.2 Å². The van der Waals surface area contributed by atoms with Gasteiger partial charge < -0.3 is 9.47 Å². The molecule has 1 aliphatic rings. The number of hydrogen-bond acceptors (Lipinski definition) is 9. The highest BCUT2D eigenvalue weighted by Crippen LogP contribution is 2.36. The summed E-state index contributed by atoms with van der Waals surface area (Å²) in [6.45, 7) is 9.62. The van der Waals surface area contributed by atoms with Crippen molar-refractivity contribution < 1.29 is 35.9 Å². The van der Waals surface area contributed by atoms with Gasteiger partial charge in [0.15, 0.2) is 6.10 Å². The van der Waals surface area contributed by atoms with E-state index in [1.165, 1.54) is 27.8 Å². The molecule has 1 atom stereocenters. The Morgan fingerprint density at radius 1 is 1.09 bits per heavy atom. The topological polar surface area (TPSA) is 89.0 Å². The fourth-order valence-electron chi connectivity index (χ4n) is 4.60. The molecule has 2 aromatic carbocycles. The molecule has 0 bridgehead atoms. The van der Waals surface area contributed by atoms with Gasteiger partial charge in [0.1, 0.15) is 10.8 Å². The van der Waals surface area contributed by atoms with Gasteiger partial charge in [0.2, 0.25) is 10.0 Å². The van der Waals surface area contributed by atoms with Crippen LogP contribution in [0.4, 0.5) is 13.2 Å². The van der Waals surface area contributed by atoms with E-state index in [0.29, 0.717) is 54.8 Å². The second kappa shape index (κ2) is 14.6. The van der Waals surface area contributed by atoms with Crippen molar-refractivity contribution in [3.63, 3.8) is 0 Å². The summed E-state index contributed by atoms with van der Waals surface area (Å²) in [5.41, 5.74) is 1.57. The van der Waals surface area contributed by atoms with Crippen molar-refractivity contribution in [1.82, 2.24) is 14.2 Å². The van der Waals surface area contributed by atoms with Crippen LogP contribution in [0.15, 0.2) is 47.4 Å². The van der Waals surface area contributed by atoms with Crippen LogP contribution >= 0.6 is 23.1 Å². The summed E-state index contributed by atoms with van der Waals surface area (Å²) in [5.74, 6) is 0.799. The third kappa shape index (κ3) is 8.75. The van der Waals surface area contributed by atoms with Crippen molar-refractivity contribution in [1.29, 1.82) is 0 Å². The van der Waals surface area contributed by atoms with Gasteiger partial charge in [0.25, 0.3) is 0 Å². The molecule has 44 heavy (non-hydrogen) atoms. The average Bonchev–Trinajstić information content (AvgIpc) is 3.39. The van der Waals surface area contributed by atoms with Crippen LogP contribution in [-0.4, -0.2) is 73.2 Å². The molecule has 4 rings (SSSR count). The number of benzene rings is 2. The van der Waals surface area contributed by atoms with Crippen LogP contribution in [0.25, 0.3) is 10.6 Å². The summed E-state index contributed by atoms with van der Waals surface area (Å²) < 4.78 is 76.3. The van der Waals surface area contributed by atoms with Crippen LogP contribution in [0, 0.1) is 6.92 Å². The Labute approximate surface area is 264 Å². The van der Waals surface area contributed by atoms with Crippen LogP contribution in [0.3, 0.4) is 0 Å². The smallest absolute Gasteiger partial charge is 0.416 e. The largest absolute Gasteiger partial charge is 0.479 e. The molecule has 8 nitrogen and oxygen atoms in total. The molecule has 0 amide bonds. The zero-order valence-corrected chi connectivity index (χ0v) is 27.5. The summed E-state index contributed by atoms with van der Waals surface area (Å²) in [7, 11) is -3.25. The highest BCUT2D eigenvalue weighted by atomic mass is 32.2. The van der Waals surface area contributed by atoms with E-state index in [2.05, 4.69) is 4.90 Å². The number of carbonyl (C=O) groups excluding carboxylic acids is 1. The number of hydrogen-bond donors (Lipinski definition) is 0. The fourth-order valence-corrected chi connectivity index (χ4v) is 7.85. The molecule has 0 saturated carbocycles. The summed E-state index contributed by atoms with van der Waals surface area (Å²) in [6.07, 6.45) is -5.16. The van der Waals surface area contributed by atoms with Crippen molar-refractivity contribution in [2.24, 2.45) is 0 Å². The summed E-state index contributed by atoms with van der Waals surface area (Å²) >= 11 is 3.04. The van der Waals surface area contributed by atoms with Crippen LogP contribution in [-0.2, 0) is 38.0 Å². The first-order chi connectivity index (χ1) is 20.8. The highest BCUT2D eigenvalue weighted by Gasteiger charge is 2.30. The predicted molar refractivity (Wildman–Crippen MR) is 166 cm³/mol. The standard InChI is InChI=1S/C30H36F3N3O5S3/c1-5-40-29(37)21(4)41-26-12-11-24(17-20(26)3)42-19-27-25(18-35-13-15-36(16-14-35)44(38,39)6-2)34-28(43-27)22-7-9-23(10-8-22)30(31,32)33/h7-12,17,21H,5-6,13-16,18-19H2,1-4H3. The number of carbonyl (C=O) groups is 1. The minimum absolute atomic E-state index is 0.0634. The summed E-state index contributed by atoms with van der Waals surface area (Å²) in [5, 5.41) is 0.629. The SMILES string of the molecule is CCOC(=O)C(C)Oc1ccc(SCc2sc(-c3ccc(C(F)(F)F)cc3)nc2CN2CCN(S(=O)(=O)CC)CC2)cc1C. The number of aromatic nitrogens is 1. The third-order valence-corrected chi connectivity index (χ3v) is 11.4. The monoisotopic (exact) mass is 671 g/mol. The molecule has 0 spiro atoms. The first-order valence-corrected chi connectivity index (χ1v) is 17.6. The number of halogens is 3. The first kappa shape index (κ1) is 34.2. The number of thiazole rings is 1. The van der Waals surface area contributed by atoms with Crippen molar-refractivity contribution in [2.45, 2.75) is 57.2 Å². The number of alkyl halides is 3. The van der Waals surface area contributed by atoms with E-state index in [4.69, 9.17) is 14.5 Å². The zero-order valence-electron chi connectivity index (χ0n) is 25.0. The van der Waals surface area contributed by atoms with Gasteiger partial charge in [-0.3, -0.25) is 4.90 Å². The van der Waals surface area contributed by atoms with Crippen molar-refractivity contribution in [2.75, 3.05) is 38.5 Å². The Bertz CT molecular complexity index is 1540. The van der Waals surface area contributed by atoms with Crippen LogP contribution < -0.4 is 4.74 Å². The van der Waals surface area contributed by atoms with E-state index in [9.17, 15) is 26.4 Å². The fraction of sp³-hybridized carbons (Fsp3) is 0.467. The quantitative estimate of drug-likeness (QED) is 0.166. The van der Waals surface area contributed by atoms with E-state index in [1.54, 1.807) is 32.5 Å². The van der Waals surface area contributed by atoms with E-state index in [0.717, 1.165) is 33.2 Å².